The molecule has 3 nitrogen and oxygen atoms in total. The standard InChI is InChI=1S/C13H18BrF2NO2S/c1-4-17-12(8(2)20(3,18)19)7-9-11(15)6-5-10(14)13(9)16/h5-6,8,12,17H,4,7H2,1-3H3. The fraction of sp³-hybridized carbons (Fsp3) is 0.538. The van der Waals surface area contributed by atoms with E-state index < -0.39 is 32.8 Å². The highest BCUT2D eigenvalue weighted by molar-refractivity contribution is 9.10. The molecule has 0 bridgehead atoms. The molecule has 114 valence electrons. The molecule has 0 saturated heterocycles. The van der Waals surface area contributed by atoms with Crippen molar-refractivity contribution in [3.8, 4) is 0 Å². The Morgan fingerprint density at radius 2 is 1.95 bits per heavy atom. The van der Waals surface area contributed by atoms with Gasteiger partial charge in [-0.1, -0.05) is 6.92 Å². The van der Waals surface area contributed by atoms with Crippen molar-refractivity contribution < 1.29 is 17.2 Å². The third-order valence-electron chi connectivity index (χ3n) is 3.27. The van der Waals surface area contributed by atoms with Crippen LogP contribution in [-0.2, 0) is 16.3 Å². The number of halogens is 3. The second kappa shape index (κ2) is 6.95. The lowest BCUT2D eigenvalue weighted by atomic mass is 10.0. The van der Waals surface area contributed by atoms with Crippen molar-refractivity contribution in [2.45, 2.75) is 31.6 Å². The number of rotatable bonds is 6. The molecule has 20 heavy (non-hydrogen) atoms. The first-order chi connectivity index (χ1) is 9.18. The average molecular weight is 370 g/mol. The number of hydrogen-bond acceptors (Lipinski definition) is 3. The van der Waals surface area contributed by atoms with Gasteiger partial charge in [-0.2, -0.15) is 0 Å². The molecule has 2 atom stereocenters. The normalized spacial score (nSPS) is 15.1. The Morgan fingerprint density at radius 1 is 1.35 bits per heavy atom. The number of sulfone groups is 1. The van der Waals surface area contributed by atoms with Gasteiger partial charge in [-0.3, -0.25) is 0 Å². The van der Waals surface area contributed by atoms with E-state index in [-0.39, 0.29) is 16.5 Å². The number of benzene rings is 1. The highest BCUT2D eigenvalue weighted by Crippen LogP contribution is 2.24. The zero-order valence-corrected chi connectivity index (χ0v) is 14.0. The number of nitrogens with one attached hydrogen (secondary N) is 1. The maximum absolute atomic E-state index is 14.0. The molecule has 1 rings (SSSR count). The predicted octanol–water partition coefficient (Wildman–Crippen LogP) is 2.68. The van der Waals surface area contributed by atoms with Gasteiger partial charge in [-0.15, -0.1) is 0 Å². The fourth-order valence-corrected chi connectivity index (χ4v) is 3.10. The van der Waals surface area contributed by atoms with Crippen LogP contribution in [0.25, 0.3) is 0 Å². The fourth-order valence-electron chi connectivity index (χ4n) is 1.94. The zero-order chi connectivity index (χ0) is 15.5. The second-order valence-electron chi connectivity index (χ2n) is 4.72. The van der Waals surface area contributed by atoms with Crippen molar-refractivity contribution in [3.63, 3.8) is 0 Å². The van der Waals surface area contributed by atoms with Gasteiger partial charge in [0.05, 0.1) is 9.72 Å². The van der Waals surface area contributed by atoms with E-state index in [1.807, 2.05) is 6.92 Å². The molecule has 0 aliphatic rings. The highest BCUT2D eigenvalue weighted by atomic mass is 79.9. The summed E-state index contributed by atoms with van der Waals surface area (Å²) in [5.74, 6) is -1.36. The van der Waals surface area contributed by atoms with Crippen molar-refractivity contribution in [2.75, 3.05) is 12.8 Å². The Labute approximate surface area is 126 Å². The van der Waals surface area contributed by atoms with E-state index in [0.717, 1.165) is 12.3 Å². The van der Waals surface area contributed by atoms with E-state index in [9.17, 15) is 17.2 Å². The molecule has 7 heteroatoms. The van der Waals surface area contributed by atoms with Gasteiger partial charge in [0.2, 0.25) is 0 Å². The Morgan fingerprint density at radius 3 is 2.45 bits per heavy atom. The van der Waals surface area contributed by atoms with Crippen molar-refractivity contribution in [1.82, 2.24) is 5.32 Å². The lowest BCUT2D eigenvalue weighted by Gasteiger charge is -2.24. The largest absolute Gasteiger partial charge is 0.313 e. The van der Waals surface area contributed by atoms with Crippen molar-refractivity contribution in [1.29, 1.82) is 0 Å². The van der Waals surface area contributed by atoms with E-state index in [0.29, 0.717) is 6.54 Å². The molecule has 1 aromatic carbocycles. The Balaban J connectivity index is 3.12. The van der Waals surface area contributed by atoms with Crippen molar-refractivity contribution in [3.05, 3.63) is 33.8 Å². The SMILES string of the molecule is CCNC(Cc1c(F)ccc(Br)c1F)C(C)S(C)(=O)=O. The highest BCUT2D eigenvalue weighted by Gasteiger charge is 2.27. The minimum atomic E-state index is -3.30. The first kappa shape index (κ1) is 17.5. The Bertz CT molecular complexity index is 578. The quantitative estimate of drug-likeness (QED) is 0.784. The molecule has 0 radical (unpaired) electrons. The van der Waals surface area contributed by atoms with Crippen LogP contribution in [-0.4, -0.2) is 32.5 Å². The molecule has 0 spiro atoms. The van der Waals surface area contributed by atoms with Gasteiger partial charge in [-0.25, -0.2) is 17.2 Å². The first-order valence-electron chi connectivity index (χ1n) is 6.23. The lowest BCUT2D eigenvalue weighted by Crippen LogP contribution is -2.44. The maximum Gasteiger partial charge on any atom is 0.151 e. The minimum Gasteiger partial charge on any atom is -0.313 e. The topological polar surface area (TPSA) is 46.2 Å². The minimum absolute atomic E-state index is 0.0286. The molecular formula is C13H18BrF2NO2S. The number of likely N-dealkylation sites (N-methyl/N-ethyl adjacent to an activating group) is 1. The lowest BCUT2D eigenvalue weighted by molar-refractivity contribution is 0.467. The third kappa shape index (κ3) is 4.23. The van der Waals surface area contributed by atoms with E-state index >= 15 is 0 Å². The van der Waals surface area contributed by atoms with Crippen LogP contribution in [0.5, 0.6) is 0 Å². The second-order valence-corrected chi connectivity index (χ2v) is 7.98. The summed E-state index contributed by atoms with van der Waals surface area (Å²) in [5.41, 5.74) is -0.110. The summed E-state index contributed by atoms with van der Waals surface area (Å²) < 4.78 is 51.2. The first-order valence-corrected chi connectivity index (χ1v) is 8.97. The monoisotopic (exact) mass is 369 g/mol. The zero-order valence-electron chi connectivity index (χ0n) is 11.6. The summed E-state index contributed by atoms with van der Waals surface area (Å²) in [7, 11) is -3.30. The average Bonchev–Trinajstić information content (AvgIpc) is 2.36. The molecule has 0 aliphatic heterocycles. The molecule has 2 unspecified atom stereocenters. The van der Waals surface area contributed by atoms with Crippen LogP contribution in [0.15, 0.2) is 16.6 Å². The van der Waals surface area contributed by atoms with E-state index in [1.165, 1.54) is 13.0 Å². The molecule has 0 aliphatic carbocycles. The summed E-state index contributed by atoms with van der Waals surface area (Å²) in [6.45, 7) is 3.87. The molecule has 0 saturated carbocycles. The van der Waals surface area contributed by atoms with Gasteiger partial charge in [0.25, 0.3) is 0 Å². The Kier molecular flexibility index (Phi) is 6.09. The van der Waals surface area contributed by atoms with Crippen LogP contribution in [0.1, 0.15) is 19.4 Å². The smallest absolute Gasteiger partial charge is 0.151 e. The van der Waals surface area contributed by atoms with Crippen LogP contribution in [0.2, 0.25) is 0 Å². The third-order valence-corrected chi connectivity index (χ3v) is 5.56. The van der Waals surface area contributed by atoms with Gasteiger partial charge in [0, 0.05) is 17.9 Å². The van der Waals surface area contributed by atoms with Gasteiger partial charge in [0.1, 0.15) is 11.6 Å². The molecule has 1 N–H and O–H groups in total. The van der Waals surface area contributed by atoms with Gasteiger partial charge in [0.15, 0.2) is 9.84 Å². The molecular weight excluding hydrogens is 352 g/mol. The van der Waals surface area contributed by atoms with Crippen LogP contribution >= 0.6 is 15.9 Å². The molecule has 1 aromatic rings. The van der Waals surface area contributed by atoms with E-state index in [1.54, 1.807) is 0 Å². The molecule has 0 amide bonds. The summed E-state index contributed by atoms with van der Waals surface area (Å²) >= 11 is 3.01. The predicted molar refractivity (Wildman–Crippen MR) is 79.5 cm³/mol. The molecule has 0 heterocycles. The van der Waals surface area contributed by atoms with Crippen LogP contribution in [0, 0.1) is 11.6 Å². The maximum atomic E-state index is 14.0. The van der Waals surface area contributed by atoms with E-state index in [4.69, 9.17) is 0 Å². The van der Waals surface area contributed by atoms with Crippen LogP contribution < -0.4 is 5.32 Å². The summed E-state index contributed by atoms with van der Waals surface area (Å²) in [4.78, 5) is 0. The molecule has 0 fully saturated rings. The van der Waals surface area contributed by atoms with Gasteiger partial charge in [-0.05, 0) is 48.0 Å². The molecule has 0 aromatic heterocycles. The van der Waals surface area contributed by atoms with Gasteiger partial charge >= 0.3 is 0 Å². The van der Waals surface area contributed by atoms with Gasteiger partial charge < -0.3 is 5.32 Å². The summed E-state index contributed by atoms with van der Waals surface area (Å²) in [5, 5.41) is 2.25. The van der Waals surface area contributed by atoms with E-state index in [2.05, 4.69) is 21.2 Å². The number of hydrogen-bond donors (Lipinski definition) is 1. The van der Waals surface area contributed by atoms with Crippen molar-refractivity contribution >= 4 is 25.8 Å². The summed E-state index contributed by atoms with van der Waals surface area (Å²) in [6, 6.07) is 1.90. The Hall–Kier alpha value is -0.530. The van der Waals surface area contributed by atoms with Crippen LogP contribution in [0.4, 0.5) is 8.78 Å². The van der Waals surface area contributed by atoms with Crippen molar-refractivity contribution in [2.24, 2.45) is 0 Å². The summed E-state index contributed by atoms with van der Waals surface area (Å²) in [6.07, 6.45) is 1.09. The van der Waals surface area contributed by atoms with Crippen LogP contribution in [0.3, 0.4) is 0 Å².